The Kier molecular flexibility index (Phi) is 6.92. The van der Waals surface area contributed by atoms with Crippen molar-refractivity contribution in [1.29, 1.82) is 0 Å². The van der Waals surface area contributed by atoms with E-state index in [1.807, 2.05) is 66.7 Å². The second-order valence-electron chi connectivity index (χ2n) is 5.65. The van der Waals surface area contributed by atoms with Crippen LogP contribution in [0.25, 0.3) is 0 Å². The van der Waals surface area contributed by atoms with E-state index >= 15 is 0 Å². The topological polar surface area (TPSA) is 42.0 Å². The van der Waals surface area contributed by atoms with Crippen LogP contribution >= 0.6 is 23.4 Å². The molecule has 3 rings (SSSR count). The highest BCUT2D eigenvalue weighted by atomic mass is 35.5. The molecule has 3 nitrogen and oxygen atoms in total. The number of halogens is 1. The van der Waals surface area contributed by atoms with E-state index in [0.717, 1.165) is 16.1 Å². The van der Waals surface area contributed by atoms with Gasteiger partial charge in [0.1, 0.15) is 5.69 Å². The lowest BCUT2D eigenvalue weighted by molar-refractivity contribution is -0.115. The minimum Gasteiger partial charge on any atom is -0.326 e. The Morgan fingerprint density at radius 1 is 1.04 bits per heavy atom. The normalized spacial score (nSPS) is 9.96. The Morgan fingerprint density at radius 3 is 2.67 bits per heavy atom. The van der Waals surface area contributed by atoms with Gasteiger partial charge in [0.25, 0.3) is 0 Å². The number of nitrogens with zero attached hydrogens (tertiary/aromatic N) is 1. The molecule has 0 aliphatic heterocycles. The Hall–Kier alpha value is -2.74. The molecule has 1 amide bonds. The maximum Gasteiger partial charge on any atom is 0.225 e. The zero-order valence-electron chi connectivity index (χ0n) is 14.5. The fourth-order valence-electron chi connectivity index (χ4n) is 2.26. The van der Waals surface area contributed by atoms with Crippen LogP contribution in [0, 0.1) is 11.8 Å². The van der Waals surface area contributed by atoms with Gasteiger partial charge >= 0.3 is 0 Å². The first-order chi connectivity index (χ1) is 13.2. The highest BCUT2D eigenvalue weighted by Gasteiger charge is 2.04. The van der Waals surface area contributed by atoms with Crippen LogP contribution in [0.2, 0.25) is 5.02 Å². The van der Waals surface area contributed by atoms with E-state index in [9.17, 15) is 4.79 Å². The number of hydrogen-bond acceptors (Lipinski definition) is 3. The molecule has 134 valence electrons. The van der Waals surface area contributed by atoms with Crippen molar-refractivity contribution >= 4 is 35.0 Å². The summed E-state index contributed by atoms with van der Waals surface area (Å²) in [5.74, 6) is 6.76. The van der Waals surface area contributed by atoms with Gasteiger partial charge in [-0.05, 0) is 60.5 Å². The third-order valence-corrected chi connectivity index (χ3v) is 4.82. The van der Waals surface area contributed by atoms with E-state index in [-0.39, 0.29) is 5.91 Å². The molecule has 0 aliphatic rings. The van der Waals surface area contributed by atoms with Gasteiger partial charge < -0.3 is 5.32 Å². The van der Waals surface area contributed by atoms with E-state index in [1.165, 1.54) is 0 Å². The van der Waals surface area contributed by atoms with Crippen LogP contribution < -0.4 is 5.32 Å². The first kappa shape index (κ1) is 19.0. The van der Waals surface area contributed by atoms with Gasteiger partial charge in [-0.25, -0.2) is 4.98 Å². The summed E-state index contributed by atoms with van der Waals surface area (Å²) in [5, 5.41) is 3.63. The molecule has 2 aromatic carbocycles. The van der Waals surface area contributed by atoms with Gasteiger partial charge in [0.05, 0.1) is 0 Å². The van der Waals surface area contributed by atoms with E-state index in [0.29, 0.717) is 22.9 Å². The molecule has 0 aliphatic carbocycles. The van der Waals surface area contributed by atoms with Gasteiger partial charge in [-0.15, -0.1) is 11.8 Å². The SMILES string of the molecule is O=C(CCSc1ccc(Cl)cc1)Nc1cccc(C#Cc2ccccn2)c1. The van der Waals surface area contributed by atoms with Gasteiger partial charge in [-0.3, -0.25) is 4.79 Å². The first-order valence-electron chi connectivity index (χ1n) is 8.40. The first-order valence-corrected chi connectivity index (χ1v) is 9.77. The van der Waals surface area contributed by atoms with Gasteiger partial charge in [0.2, 0.25) is 5.91 Å². The molecule has 27 heavy (non-hydrogen) atoms. The van der Waals surface area contributed by atoms with Crippen LogP contribution in [0.4, 0.5) is 5.69 Å². The predicted octanol–water partition coefficient (Wildman–Crippen LogP) is 5.26. The van der Waals surface area contributed by atoms with Gasteiger partial charge in [-0.2, -0.15) is 0 Å². The number of thioether (sulfide) groups is 1. The van der Waals surface area contributed by atoms with Crippen LogP contribution in [0.5, 0.6) is 0 Å². The Bertz CT molecular complexity index is 963. The summed E-state index contributed by atoms with van der Waals surface area (Å²) < 4.78 is 0. The summed E-state index contributed by atoms with van der Waals surface area (Å²) in [6.07, 6.45) is 2.14. The molecule has 1 heterocycles. The van der Waals surface area contributed by atoms with Gasteiger partial charge in [-0.1, -0.05) is 29.7 Å². The summed E-state index contributed by atoms with van der Waals surface area (Å²) in [5.41, 5.74) is 2.28. The van der Waals surface area contributed by atoms with Gasteiger partial charge in [0, 0.05) is 39.5 Å². The van der Waals surface area contributed by atoms with E-state index < -0.39 is 0 Å². The fraction of sp³-hybridized carbons (Fsp3) is 0.0909. The molecule has 3 aromatic rings. The molecule has 0 radical (unpaired) electrons. The lowest BCUT2D eigenvalue weighted by Gasteiger charge is -2.06. The Balaban J connectivity index is 1.52. The highest BCUT2D eigenvalue weighted by molar-refractivity contribution is 7.99. The lowest BCUT2D eigenvalue weighted by atomic mass is 10.2. The number of rotatable bonds is 5. The minimum absolute atomic E-state index is 0.0219. The monoisotopic (exact) mass is 392 g/mol. The number of amides is 1. The Morgan fingerprint density at radius 2 is 1.89 bits per heavy atom. The molecule has 1 aromatic heterocycles. The molecule has 0 saturated carbocycles. The van der Waals surface area contributed by atoms with Crippen molar-refractivity contribution in [2.45, 2.75) is 11.3 Å². The van der Waals surface area contributed by atoms with E-state index in [2.05, 4.69) is 22.1 Å². The number of carbonyl (C=O) groups excluding carboxylic acids is 1. The zero-order valence-corrected chi connectivity index (χ0v) is 16.1. The summed E-state index contributed by atoms with van der Waals surface area (Å²) in [6.45, 7) is 0. The van der Waals surface area contributed by atoms with Crippen LogP contribution in [0.3, 0.4) is 0 Å². The smallest absolute Gasteiger partial charge is 0.225 e. The molecule has 0 atom stereocenters. The van der Waals surface area contributed by atoms with Crippen molar-refractivity contribution in [1.82, 2.24) is 4.98 Å². The molecule has 1 N–H and O–H groups in total. The number of anilines is 1. The van der Waals surface area contributed by atoms with Crippen molar-refractivity contribution in [3.63, 3.8) is 0 Å². The average molecular weight is 393 g/mol. The third kappa shape index (κ3) is 6.49. The summed E-state index contributed by atoms with van der Waals surface area (Å²) in [6, 6.07) is 20.7. The van der Waals surface area contributed by atoms with Crippen molar-refractivity contribution in [3.05, 3.63) is 89.2 Å². The number of hydrogen-bond donors (Lipinski definition) is 1. The van der Waals surface area contributed by atoms with Crippen LogP contribution in [0.15, 0.2) is 77.8 Å². The number of benzene rings is 2. The predicted molar refractivity (Wildman–Crippen MR) is 112 cm³/mol. The van der Waals surface area contributed by atoms with Crippen molar-refractivity contribution in [3.8, 4) is 11.8 Å². The standard InChI is InChI=1S/C22H17ClN2OS/c23-18-8-11-21(12-9-18)27-15-13-22(26)25-20-6-3-4-17(16-20)7-10-19-5-1-2-14-24-19/h1-6,8-9,11-12,14,16H,13,15H2,(H,25,26). The summed E-state index contributed by atoms with van der Waals surface area (Å²) in [7, 11) is 0. The number of aromatic nitrogens is 1. The maximum absolute atomic E-state index is 12.2. The molecule has 0 bridgehead atoms. The number of nitrogens with one attached hydrogen (secondary N) is 1. The van der Waals surface area contributed by atoms with E-state index in [4.69, 9.17) is 11.6 Å². The minimum atomic E-state index is -0.0219. The van der Waals surface area contributed by atoms with Crippen LogP contribution in [-0.2, 0) is 4.79 Å². The zero-order chi connectivity index (χ0) is 18.9. The Labute approximate surface area is 168 Å². The van der Waals surface area contributed by atoms with Gasteiger partial charge in [0.15, 0.2) is 0 Å². The van der Waals surface area contributed by atoms with E-state index in [1.54, 1.807) is 18.0 Å². The van der Waals surface area contributed by atoms with Crippen molar-refractivity contribution in [2.75, 3.05) is 11.1 Å². The summed E-state index contributed by atoms with van der Waals surface area (Å²) >= 11 is 7.50. The lowest BCUT2D eigenvalue weighted by Crippen LogP contribution is -2.12. The van der Waals surface area contributed by atoms with Crippen LogP contribution in [-0.4, -0.2) is 16.6 Å². The molecular weight excluding hydrogens is 376 g/mol. The molecule has 0 saturated heterocycles. The molecule has 0 spiro atoms. The maximum atomic E-state index is 12.2. The third-order valence-electron chi connectivity index (χ3n) is 3.56. The average Bonchev–Trinajstić information content (AvgIpc) is 2.69. The molecule has 5 heteroatoms. The number of pyridine rings is 1. The molecular formula is C22H17ClN2OS. The van der Waals surface area contributed by atoms with Crippen molar-refractivity contribution < 1.29 is 4.79 Å². The molecule has 0 fully saturated rings. The highest BCUT2D eigenvalue weighted by Crippen LogP contribution is 2.21. The van der Waals surface area contributed by atoms with Crippen molar-refractivity contribution in [2.24, 2.45) is 0 Å². The quantitative estimate of drug-likeness (QED) is 0.476. The largest absolute Gasteiger partial charge is 0.326 e. The summed E-state index contributed by atoms with van der Waals surface area (Å²) in [4.78, 5) is 17.4. The number of carbonyl (C=O) groups is 1. The van der Waals surface area contributed by atoms with Crippen LogP contribution in [0.1, 0.15) is 17.7 Å². The second kappa shape index (κ2) is 9.82. The second-order valence-corrected chi connectivity index (χ2v) is 7.25. The fourth-order valence-corrected chi connectivity index (χ4v) is 3.24. The molecule has 0 unspecified atom stereocenters.